The summed E-state index contributed by atoms with van der Waals surface area (Å²) in [5.74, 6) is 0.215. The van der Waals surface area contributed by atoms with Crippen LogP contribution in [0.1, 0.15) is 74.3 Å². The van der Waals surface area contributed by atoms with E-state index in [0.717, 1.165) is 36.9 Å². The highest BCUT2D eigenvalue weighted by Crippen LogP contribution is 2.40. The van der Waals surface area contributed by atoms with Crippen LogP contribution in [0, 0.1) is 5.92 Å². The summed E-state index contributed by atoms with van der Waals surface area (Å²) in [5.41, 5.74) is 2.33. The summed E-state index contributed by atoms with van der Waals surface area (Å²) in [6.07, 6.45) is 5.46. The number of anilines is 1. The van der Waals surface area contributed by atoms with Crippen molar-refractivity contribution < 1.29 is 14.4 Å². The number of hydrogen-bond donors (Lipinski definition) is 2. The maximum atomic E-state index is 13.4. The van der Waals surface area contributed by atoms with Gasteiger partial charge in [0.2, 0.25) is 11.8 Å². The number of likely N-dealkylation sites (tertiary alicyclic amines) is 1. The molecule has 0 bridgehead atoms. The van der Waals surface area contributed by atoms with Crippen LogP contribution in [-0.4, -0.2) is 34.7 Å². The van der Waals surface area contributed by atoms with Gasteiger partial charge in [-0.05, 0) is 61.9 Å². The van der Waals surface area contributed by atoms with Crippen LogP contribution in [0.15, 0.2) is 54.6 Å². The third-order valence-electron chi connectivity index (χ3n) is 7.02. The molecule has 1 aliphatic heterocycles. The van der Waals surface area contributed by atoms with Crippen molar-refractivity contribution in [2.45, 2.75) is 70.5 Å². The normalized spacial score (nSPS) is 22.8. The molecular weight excluding hydrogens is 414 g/mol. The molecular formula is C27H33N3O3. The average Bonchev–Trinajstić information content (AvgIpc) is 3.24. The number of rotatable bonds is 6. The molecule has 3 amide bonds. The molecule has 4 unspecified atom stereocenters. The molecule has 1 heterocycles. The molecule has 2 aromatic carbocycles. The highest BCUT2D eigenvalue weighted by molar-refractivity contribution is 5.98. The topological polar surface area (TPSA) is 78.5 Å². The summed E-state index contributed by atoms with van der Waals surface area (Å²) in [4.78, 5) is 40.3. The third kappa shape index (κ3) is 5.10. The molecule has 174 valence electrons. The van der Waals surface area contributed by atoms with E-state index < -0.39 is 6.04 Å². The minimum absolute atomic E-state index is 0.0324. The number of amides is 3. The molecule has 0 aromatic heterocycles. The van der Waals surface area contributed by atoms with Crippen LogP contribution >= 0.6 is 0 Å². The number of nitrogens with zero attached hydrogens (tertiary/aromatic N) is 1. The van der Waals surface area contributed by atoms with Crippen molar-refractivity contribution >= 4 is 23.4 Å². The highest BCUT2D eigenvalue weighted by Gasteiger charge is 2.47. The summed E-state index contributed by atoms with van der Waals surface area (Å²) in [5, 5.41) is 5.97. The van der Waals surface area contributed by atoms with Gasteiger partial charge in [-0.3, -0.25) is 14.4 Å². The molecule has 1 saturated carbocycles. The number of benzene rings is 2. The van der Waals surface area contributed by atoms with Crippen molar-refractivity contribution in [1.29, 1.82) is 0 Å². The Morgan fingerprint density at radius 2 is 1.70 bits per heavy atom. The smallest absolute Gasteiger partial charge is 0.254 e. The van der Waals surface area contributed by atoms with Gasteiger partial charge in [0.1, 0.15) is 6.04 Å². The first kappa shape index (κ1) is 23.0. The second-order valence-corrected chi connectivity index (χ2v) is 9.20. The van der Waals surface area contributed by atoms with Crippen molar-refractivity contribution in [2.75, 3.05) is 5.32 Å². The molecule has 2 N–H and O–H groups in total. The first-order chi connectivity index (χ1) is 16.0. The van der Waals surface area contributed by atoms with Gasteiger partial charge in [-0.1, -0.05) is 50.1 Å². The van der Waals surface area contributed by atoms with Crippen molar-refractivity contribution in [3.05, 3.63) is 65.7 Å². The summed E-state index contributed by atoms with van der Waals surface area (Å²) >= 11 is 0. The summed E-state index contributed by atoms with van der Waals surface area (Å²) in [7, 11) is 0. The summed E-state index contributed by atoms with van der Waals surface area (Å²) in [6, 6.07) is 16.3. The van der Waals surface area contributed by atoms with Crippen LogP contribution in [0.3, 0.4) is 0 Å². The van der Waals surface area contributed by atoms with Crippen LogP contribution < -0.4 is 10.6 Å². The van der Waals surface area contributed by atoms with Crippen LogP contribution in [0.4, 0.5) is 5.69 Å². The van der Waals surface area contributed by atoms with Gasteiger partial charge < -0.3 is 15.5 Å². The van der Waals surface area contributed by atoms with Gasteiger partial charge in [0.05, 0.1) is 6.04 Å². The number of nitrogens with one attached hydrogen (secondary N) is 2. The fraction of sp³-hybridized carbons (Fsp3) is 0.444. The van der Waals surface area contributed by atoms with Crippen LogP contribution in [0.5, 0.6) is 0 Å². The zero-order valence-corrected chi connectivity index (χ0v) is 19.4. The van der Waals surface area contributed by atoms with E-state index in [1.807, 2.05) is 73.3 Å². The minimum Gasteiger partial charge on any atom is -0.348 e. The molecule has 2 aliphatic rings. The molecule has 0 spiro atoms. The number of fused-ring (bicyclic) bond motifs is 1. The molecule has 0 radical (unpaired) electrons. The fourth-order valence-corrected chi connectivity index (χ4v) is 5.21. The van der Waals surface area contributed by atoms with E-state index in [1.54, 1.807) is 0 Å². The predicted molar refractivity (Wildman–Crippen MR) is 129 cm³/mol. The Morgan fingerprint density at radius 1 is 1.00 bits per heavy atom. The van der Waals surface area contributed by atoms with Crippen molar-refractivity contribution in [2.24, 2.45) is 5.92 Å². The van der Waals surface area contributed by atoms with Gasteiger partial charge in [0.25, 0.3) is 5.91 Å². The molecule has 1 saturated heterocycles. The van der Waals surface area contributed by atoms with Gasteiger partial charge in [-0.2, -0.15) is 0 Å². The minimum atomic E-state index is -0.448. The van der Waals surface area contributed by atoms with Crippen molar-refractivity contribution in [1.82, 2.24) is 10.2 Å². The van der Waals surface area contributed by atoms with E-state index in [-0.39, 0.29) is 29.8 Å². The van der Waals surface area contributed by atoms with Gasteiger partial charge in [-0.15, -0.1) is 0 Å². The van der Waals surface area contributed by atoms with Gasteiger partial charge >= 0.3 is 0 Å². The van der Waals surface area contributed by atoms with Gasteiger partial charge in [-0.25, -0.2) is 0 Å². The molecule has 6 heteroatoms. The Labute approximate surface area is 195 Å². The zero-order chi connectivity index (χ0) is 23.4. The maximum Gasteiger partial charge on any atom is 0.254 e. The lowest BCUT2D eigenvalue weighted by Gasteiger charge is -2.34. The number of hydrogen-bond acceptors (Lipinski definition) is 3. The lowest BCUT2D eigenvalue weighted by molar-refractivity contribution is -0.125. The average molecular weight is 448 g/mol. The fourth-order valence-electron chi connectivity index (χ4n) is 5.21. The molecule has 4 atom stereocenters. The van der Waals surface area contributed by atoms with E-state index in [9.17, 15) is 14.4 Å². The Balaban J connectivity index is 1.48. The largest absolute Gasteiger partial charge is 0.348 e. The van der Waals surface area contributed by atoms with E-state index >= 15 is 0 Å². The van der Waals surface area contributed by atoms with E-state index in [4.69, 9.17) is 0 Å². The van der Waals surface area contributed by atoms with Crippen molar-refractivity contribution in [3.63, 3.8) is 0 Å². The lowest BCUT2D eigenvalue weighted by atomic mass is 9.84. The van der Waals surface area contributed by atoms with E-state index in [2.05, 4.69) is 10.6 Å². The second-order valence-electron chi connectivity index (χ2n) is 9.20. The molecule has 33 heavy (non-hydrogen) atoms. The molecule has 2 fully saturated rings. The number of carbonyl (C=O) groups excluding carboxylic acids is 3. The van der Waals surface area contributed by atoms with E-state index in [0.29, 0.717) is 17.9 Å². The maximum absolute atomic E-state index is 13.4. The third-order valence-corrected chi connectivity index (χ3v) is 7.02. The molecule has 6 nitrogen and oxygen atoms in total. The monoisotopic (exact) mass is 447 g/mol. The number of carbonyl (C=O) groups is 3. The van der Waals surface area contributed by atoms with Crippen LogP contribution in [-0.2, 0) is 9.59 Å². The predicted octanol–water partition coefficient (Wildman–Crippen LogP) is 4.69. The first-order valence-corrected chi connectivity index (χ1v) is 12.1. The summed E-state index contributed by atoms with van der Waals surface area (Å²) < 4.78 is 0. The summed E-state index contributed by atoms with van der Waals surface area (Å²) in [6.45, 7) is 3.76. The molecule has 2 aromatic rings. The quantitative estimate of drug-likeness (QED) is 0.675. The highest BCUT2D eigenvalue weighted by atomic mass is 16.2. The second kappa shape index (κ2) is 10.2. The van der Waals surface area contributed by atoms with Crippen LogP contribution in [0.25, 0.3) is 0 Å². The molecule has 1 aliphatic carbocycles. The van der Waals surface area contributed by atoms with Gasteiger partial charge in [0.15, 0.2) is 0 Å². The Kier molecular flexibility index (Phi) is 7.11. The van der Waals surface area contributed by atoms with E-state index in [1.165, 1.54) is 6.42 Å². The first-order valence-electron chi connectivity index (χ1n) is 12.1. The Morgan fingerprint density at radius 3 is 2.39 bits per heavy atom. The SMILES string of the molecule is CCC(=O)Nc1ccc(C(C)NC(=O)C2CC3CCCCC3N2C(=O)c2ccccc2)cc1. The molecule has 4 rings (SSSR count). The van der Waals surface area contributed by atoms with Crippen molar-refractivity contribution in [3.8, 4) is 0 Å². The zero-order valence-electron chi connectivity index (χ0n) is 19.4. The Hall–Kier alpha value is -3.15. The standard InChI is InChI=1S/C27H33N3O3/c1-3-25(31)29-22-15-13-19(14-16-22)18(2)28-26(32)24-17-21-11-7-8-12-23(21)30(24)27(33)20-9-5-4-6-10-20/h4-6,9-10,13-16,18,21,23-24H,3,7-8,11-12,17H2,1-2H3,(H,28,32)(H,29,31). The van der Waals surface area contributed by atoms with Gasteiger partial charge in [0, 0.05) is 23.7 Å². The van der Waals surface area contributed by atoms with Crippen LogP contribution in [0.2, 0.25) is 0 Å². The lowest BCUT2D eigenvalue weighted by Crippen LogP contribution is -2.50. The Bertz CT molecular complexity index is 989.